The van der Waals surface area contributed by atoms with Crippen molar-refractivity contribution < 1.29 is 25.5 Å². The van der Waals surface area contributed by atoms with Gasteiger partial charge in [-0.15, -0.1) is 0 Å². The summed E-state index contributed by atoms with van der Waals surface area (Å²) in [5, 5.41) is 47.7. The molecule has 1 atom stereocenters. The van der Waals surface area contributed by atoms with Crippen LogP contribution in [0.4, 0.5) is 0 Å². The average Bonchev–Trinajstić information content (AvgIpc) is 2.26. The minimum absolute atomic E-state index is 0.0886. The van der Waals surface area contributed by atoms with Gasteiger partial charge in [0, 0.05) is 39.3 Å². The number of aliphatic hydroxyl groups excluding tert-OH is 2. The lowest BCUT2D eigenvalue weighted by atomic mass is 10.3. The van der Waals surface area contributed by atoms with Crippen molar-refractivity contribution in [2.75, 3.05) is 39.3 Å². The van der Waals surface area contributed by atoms with Crippen LogP contribution < -0.4 is 11.1 Å². The molecule has 0 amide bonds. The second-order valence-electron chi connectivity index (χ2n) is 3.71. The topological polar surface area (TPSA) is 142 Å². The molecule has 0 aliphatic rings. The fourth-order valence-corrected chi connectivity index (χ4v) is 1.32. The molecule has 0 rings (SSSR count). The smallest absolute Gasteiger partial charge is 0.317 e. The maximum absolute atomic E-state index is 9.47. The zero-order chi connectivity index (χ0) is 13.3. The van der Waals surface area contributed by atoms with E-state index in [1.54, 1.807) is 0 Å². The summed E-state index contributed by atoms with van der Waals surface area (Å²) >= 11 is 0. The zero-order valence-corrected chi connectivity index (χ0v) is 9.79. The summed E-state index contributed by atoms with van der Waals surface area (Å²) < 4.78 is 0. The predicted molar refractivity (Wildman–Crippen MR) is 60.6 cm³/mol. The van der Waals surface area contributed by atoms with Crippen molar-refractivity contribution in [1.82, 2.24) is 10.2 Å². The van der Waals surface area contributed by atoms with Gasteiger partial charge < -0.3 is 36.6 Å². The van der Waals surface area contributed by atoms with Crippen LogP contribution in [0.25, 0.3) is 0 Å². The van der Waals surface area contributed by atoms with Crippen LogP contribution in [-0.4, -0.2) is 82.0 Å². The van der Waals surface area contributed by atoms with E-state index >= 15 is 0 Å². The lowest BCUT2D eigenvalue weighted by molar-refractivity contribution is -0.379. The van der Waals surface area contributed by atoms with Gasteiger partial charge in [0.25, 0.3) is 0 Å². The van der Waals surface area contributed by atoms with Crippen LogP contribution in [0.3, 0.4) is 0 Å². The molecule has 0 aromatic rings. The first-order valence-corrected chi connectivity index (χ1v) is 5.54. The van der Waals surface area contributed by atoms with Gasteiger partial charge in [0.05, 0.1) is 0 Å². The molecule has 0 bridgehead atoms. The van der Waals surface area contributed by atoms with Crippen molar-refractivity contribution in [3.8, 4) is 0 Å². The lowest BCUT2D eigenvalue weighted by Crippen LogP contribution is -2.54. The Labute approximate surface area is 100 Å². The van der Waals surface area contributed by atoms with E-state index in [0.717, 1.165) is 0 Å². The van der Waals surface area contributed by atoms with Crippen LogP contribution in [0.5, 0.6) is 0 Å². The second-order valence-corrected chi connectivity index (χ2v) is 3.71. The molecule has 0 heterocycles. The van der Waals surface area contributed by atoms with E-state index in [1.807, 2.05) is 0 Å². The van der Waals surface area contributed by atoms with Gasteiger partial charge in [0.15, 0.2) is 6.23 Å². The second kappa shape index (κ2) is 8.72. The Kier molecular flexibility index (Phi) is 8.56. The third-order valence-corrected chi connectivity index (χ3v) is 2.19. The Balaban J connectivity index is 4.13. The van der Waals surface area contributed by atoms with E-state index in [1.165, 1.54) is 4.90 Å². The Morgan fingerprint density at radius 2 is 1.82 bits per heavy atom. The van der Waals surface area contributed by atoms with Gasteiger partial charge in [0.2, 0.25) is 0 Å². The molecule has 0 fully saturated rings. The summed E-state index contributed by atoms with van der Waals surface area (Å²) in [6.45, 7) is 1.97. The first-order valence-electron chi connectivity index (χ1n) is 5.54. The van der Waals surface area contributed by atoms with Gasteiger partial charge >= 0.3 is 5.97 Å². The van der Waals surface area contributed by atoms with Crippen LogP contribution >= 0.6 is 0 Å². The van der Waals surface area contributed by atoms with E-state index in [-0.39, 0.29) is 19.7 Å². The van der Waals surface area contributed by atoms with E-state index in [0.29, 0.717) is 26.1 Å². The lowest BCUT2D eigenvalue weighted by Gasteiger charge is -2.32. The van der Waals surface area contributed by atoms with Crippen molar-refractivity contribution in [2.45, 2.75) is 18.6 Å². The minimum Gasteiger partial charge on any atom is -0.396 e. The number of nitrogens with two attached hydrogens (primary N) is 1. The van der Waals surface area contributed by atoms with Gasteiger partial charge in [0.1, 0.15) is 0 Å². The monoisotopic (exact) mass is 253 g/mol. The van der Waals surface area contributed by atoms with E-state index in [2.05, 4.69) is 5.32 Å². The molecule has 0 aromatic heterocycles. The highest BCUT2D eigenvalue weighted by Gasteiger charge is 2.34. The van der Waals surface area contributed by atoms with Crippen LogP contribution in [0.1, 0.15) is 6.42 Å². The highest BCUT2D eigenvalue weighted by atomic mass is 16.7. The molecule has 0 aromatic carbocycles. The molecule has 0 saturated carbocycles. The molecule has 8 N–H and O–H groups in total. The standard InChI is InChI=1S/C9H23N3O5/c10-2-3-11-4-6-12(5-1-7-13)8(14)9(15,16)17/h8,11,13-17H,1-7,10H2. The molecular weight excluding hydrogens is 230 g/mol. The highest BCUT2D eigenvalue weighted by molar-refractivity contribution is 4.68. The Hall–Kier alpha value is -0.320. The number of nitrogens with zero attached hydrogens (tertiary/aromatic N) is 1. The Morgan fingerprint density at radius 3 is 2.29 bits per heavy atom. The number of nitrogens with one attached hydrogen (secondary N) is 1. The quantitative estimate of drug-likeness (QED) is 0.155. The molecule has 8 nitrogen and oxygen atoms in total. The van der Waals surface area contributed by atoms with Crippen LogP contribution in [0.15, 0.2) is 0 Å². The molecule has 0 spiro atoms. The molecular formula is C9H23N3O5. The average molecular weight is 253 g/mol. The van der Waals surface area contributed by atoms with Crippen molar-refractivity contribution in [3.05, 3.63) is 0 Å². The summed E-state index contributed by atoms with van der Waals surface area (Å²) in [4.78, 5) is 1.25. The summed E-state index contributed by atoms with van der Waals surface area (Å²) in [6, 6.07) is 0. The van der Waals surface area contributed by atoms with Crippen molar-refractivity contribution >= 4 is 0 Å². The summed E-state index contributed by atoms with van der Waals surface area (Å²) in [5.74, 6) is -3.18. The minimum atomic E-state index is -3.18. The first kappa shape index (κ1) is 16.7. The fourth-order valence-electron chi connectivity index (χ4n) is 1.32. The zero-order valence-electron chi connectivity index (χ0n) is 9.79. The van der Waals surface area contributed by atoms with Gasteiger partial charge in [-0.25, -0.2) is 0 Å². The molecule has 17 heavy (non-hydrogen) atoms. The van der Waals surface area contributed by atoms with E-state index < -0.39 is 12.2 Å². The first-order chi connectivity index (χ1) is 7.93. The number of aliphatic hydroxyl groups is 5. The van der Waals surface area contributed by atoms with E-state index in [9.17, 15) is 5.11 Å². The third-order valence-electron chi connectivity index (χ3n) is 2.19. The van der Waals surface area contributed by atoms with Gasteiger partial charge in [-0.05, 0) is 6.42 Å². The molecule has 0 aliphatic heterocycles. The van der Waals surface area contributed by atoms with Crippen LogP contribution in [-0.2, 0) is 0 Å². The molecule has 104 valence electrons. The third kappa shape index (κ3) is 7.58. The number of rotatable bonds is 10. The largest absolute Gasteiger partial charge is 0.396 e. The predicted octanol–water partition coefficient (Wildman–Crippen LogP) is -3.83. The summed E-state index contributed by atoms with van der Waals surface area (Å²) in [7, 11) is 0. The van der Waals surface area contributed by atoms with Crippen molar-refractivity contribution in [2.24, 2.45) is 5.73 Å². The van der Waals surface area contributed by atoms with Crippen LogP contribution in [0.2, 0.25) is 0 Å². The number of hydrogen-bond donors (Lipinski definition) is 7. The van der Waals surface area contributed by atoms with Crippen LogP contribution in [0, 0.1) is 0 Å². The van der Waals surface area contributed by atoms with Crippen molar-refractivity contribution in [3.63, 3.8) is 0 Å². The highest BCUT2D eigenvalue weighted by Crippen LogP contribution is 2.08. The SMILES string of the molecule is NCCNCCN(CCCO)C(O)C(O)(O)O. The molecule has 0 radical (unpaired) electrons. The molecule has 1 unspecified atom stereocenters. The molecule has 0 saturated heterocycles. The molecule has 8 heteroatoms. The maximum Gasteiger partial charge on any atom is 0.317 e. The van der Waals surface area contributed by atoms with Gasteiger partial charge in [-0.3, -0.25) is 4.90 Å². The fraction of sp³-hybridized carbons (Fsp3) is 1.00. The summed E-state index contributed by atoms with van der Waals surface area (Å²) in [6.07, 6.45) is -1.47. The molecule has 0 aliphatic carbocycles. The van der Waals surface area contributed by atoms with E-state index in [4.69, 9.17) is 26.2 Å². The summed E-state index contributed by atoms with van der Waals surface area (Å²) in [5.41, 5.74) is 5.28. The normalized spacial score (nSPS) is 14.3. The van der Waals surface area contributed by atoms with Gasteiger partial charge in [-0.1, -0.05) is 0 Å². The van der Waals surface area contributed by atoms with Crippen molar-refractivity contribution in [1.29, 1.82) is 0 Å². The Bertz CT molecular complexity index is 188. The Morgan fingerprint density at radius 1 is 1.18 bits per heavy atom. The van der Waals surface area contributed by atoms with Gasteiger partial charge in [-0.2, -0.15) is 0 Å². The number of hydrogen-bond acceptors (Lipinski definition) is 8. The maximum atomic E-state index is 9.47.